The van der Waals surface area contributed by atoms with Gasteiger partial charge in [-0.05, 0) is 0 Å². The summed E-state index contributed by atoms with van der Waals surface area (Å²) in [4.78, 5) is 35.6. The molecule has 1 unspecified atom stereocenters. The summed E-state index contributed by atoms with van der Waals surface area (Å²) in [5.41, 5.74) is 0. The van der Waals surface area contributed by atoms with Crippen molar-refractivity contribution in [3.8, 4) is 0 Å². The number of aliphatic imine (C=N–C) groups is 1. The Labute approximate surface area is 62.7 Å². The van der Waals surface area contributed by atoms with Crippen LogP contribution >= 0.6 is 0 Å². The summed E-state index contributed by atoms with van der Waals surface area (Å²) in [7, 11) is 1.37. The number of likely N-dealkylation sites (tertiary alicyclic amines) is 1. The van der Waals surface area contributed by atoms with E-state index in [1.807, 2.05) is 0 Å². The van der Waals surface area contributed by atoms with E-state index in [4.69, 9.17) is 0 Å². The van der Waals surface area contributed by atoms with Gasteiger partial charge in [0.25, 0.3) is 5.91 Å². The molecule has 0 saturated carbocycles. The first-order chi connectivity index (χ1) is 5.16. The Hall–Kier alpha value is -1.48. The number of amides is 2. The molecule has 0 aromatic carbocycles. The maximum atomic E-state index is 10.9. The molecule has 5 nitrogen and oxygen atoms in total. The standard InChI is InChI=1S/C6H6N2O3/c1-8-5(10)2-4(6(8)11)7-3-9/h4H,2H2,1H3. The summed E-state index contributed by atoms with van der Waals surface area (Å²) in [6.07, 6.45) is 1.25. The summed E-state index contributed by atoms with van der Waals surface area (Å²) >= 11 is 0. The van der Waals surface area contributed by atoms with Crippen LogP contribution in [0.25, 0.3) is 0 Å². The fourth-order valence-corrected chi connectivity index (χ4v) is 0.901. The minimum Gasteiger partial charge on any atom is -0.284 e. The Morgan fingerprint density at radius 1 is 1.64 bits per heavy atom. The molecular formula is C6H6N2O3. The van der Waals surface area contributed by atoms with Gasteiger partial charge in [-0.25, -0.2) is 4.79 Å². The van der Waals surface area contributed by atoms with Gasteiger partial charge in [-0.3, -0.25) is 14.5 Å². The van der Waals surface area contributed by atoms with Crippen molar-refractivity contribution >= 4 is 17.9 Å². The highest BCUT2D eigenvalue weighted by Crippen LogP contribution is 2.12. The Morgan fingerprint density at radius 2 is 2.27 bits per heavy atom. The number of likely N-dealkylation sites (N-methyl/N-ethyl adjacent to an activating group) is 1. The normalized spacial score (nSPS) is 23.7. The van der Waals surface area contributed by atoms with Gasteiger partial charge in [0, 0.05) is 7.05 Å². The molecule has 0 aromatic heterocycles. The van der Waals surface area contributed by atoms with Crippen LogP contribution in [0.1, 0.15) is 6.42 Å². The number of rotatable bonds is 1. The van der Waals surface area contributed by atoms with E-state index in [1.165, 1.54) is 13.1 Å². The molecule has 2 amide bonds. The molecule has 1 saturated heterocycles. The molecule has 0 aliphatic carbocycles. The zero-order valence-corrected chi connectivity index (χ0v) is 5.90. The number of carbonyl (C=O) groups is 2. The lowest BCUT2D eigenvalue weighted by Gasteiger charge is -2.02. The molecule has 1 atom stereocenters. The van der Waals surface area contributed by atoms with Crippen molar-refractivity contribution in [1.82, 2.24) is 4.90 Å². The average molecular weight is 154 g/mol. The summed E-state index contributed by atoms with van der Waals surface area (Å²) in [6, 6.07) is -0.829. The van der Waals surface area contributed by atoms with Gasteiger partial charge in [0.1, 0.15) is 0 Å². The van der Waals surface area contributed by atoms with Crippen LogP contribution in [0, 0.1) is 0 Å². The van der Waals surface area contributed by atoms with Gasteiger partial charge in [0.15, 0.2) is 6.04 Å². The Kier molecular flexibility index (Phi) is 1.83. The first-order valence-corrected chi connectivity index (χ1v) is 3.04. The Morgan fingerprint density at radius 3 is 2.64 bits per heavy atom. The number of hydrogen-bond acceptors (Lipinski definition) is 4. The minimum absolute atomic E-state index is 0.00935. The van der Waals surface area contributed by atoms with Crippen LogP contribution in [0.3, 0.4) is 0 Å². The zero-order valence-electron chi connectivity index (χ0n) is 5.90. The van der Waals surface area contributed by atoms with E-state index < -0.39 is 11.9 Å². The van der Waals surface area contributed by atoms with Crippen molar-refractivity contribution in [2.45, 2.75) is 12.5 Å². The average Bonchev–Trinajstić information content (AvgIpc) is 2.19. The topological polar surface area (TPSA) is 66.8 Å². The van der Waals surface area contributed by atoms with Crippen LogP contribution in [-0.4, -0.2) is 35.9 Å². The van der Waals surface area contributed by atoms with Crippen molar-refractivity contribution in [1.29, 1.82) is 0 Å². The van der Waals surface area contributed by atoms with Crippen molar-refractivity contribution in [2.75, 3.05) is 7.05 Å². The third-order valence-corrected chi connectivity index (χ3v) is 1.57. The van der Waals surface area contributed by atoms with Crippen molar-refractivity contribution in [3.63, 3.8) is 0 Å². The summed E-state index contributed by atoms with van der Waals surface area (Å²) in [5.74, 6) is -0.739. The molecular weight excluding hydrogens is 148 g/mol. The Bertz CT molecular complexity index is 255. The van der Waals surface area contributed by atoms with E-state index in [-0.39, 0.29) is 12.3 Å². The zero-order chi connectivity index (χ0) is 8.43. The number of hydrogen-bond donors (Lipinski definition) is 0. The van der Waals surface area contributed by atoms with Gasteiger partial charge >= 0.3 is 0 Å². The third kappa shape index (κ3) is 1.18. The lowest BCUT2D eigenvalue weighted by atomic mass is 10.3. The number of imide groups is 1. The van der Waals surface area contributed by atoms with Gasteiger partial charge in [-0.15, -0.1) is 0 Å². The van der Waals surface area contributed by atoms with E-state index >= 15 is 0 Å². The van der Waals surface area contributed by atoms with Gasteiger partial charge in [-0.1, -0.05) is 0 Å². The highest BCUT2D eigenvalue weighted by molar-refractivity contribution is 6.05. The monoisotopic (exact) mass is 154 g/mol. The third-order valence-electron chi connectivity index (χ3n) is 1.57. The number of nitrogens with zero attached hydrogens (tertiary/aromatic N) is 2. The van der Waals surface area contributed by atoms with Crippen molar-refractivity contribution in [2.24, 2.45) is 4.99 Å². The summed E-state index contributed by atoms with van der Waals surface area (Å²) in [5, 5.41) is 0. The van der Waals surface area contributed by atoms with Crippen LogP contribution in [0.5, 0.6) is 0 Å². The SMILES string of the molecule is CN1C(=O)CC(N=C=O)C1=O. The molecule has 1 heterocycles. The van der Waals surface area contributed by atoms with Gasteiger partial charge in [0.2, 0.25) is 12.0 Å². The van der Waals surface area contributed by atoms with Crippen LogP contribution in [0.4, 0.5) is 0 Å². The molecule has 0 bridgehead atoms. The van der Waals surface area contributed by atoms with Gasteiger partial charge in [-0.2, -0.15) is 4.99 Å². The molecule has 0 N–H and O–H groups in total. The number of isocyanates is 1. The highest BCUT2D eigenvalue weighted by Gasteiger charge is 2.35. The smallest absolute Gasteiger partial charge is 0.255 e. The molecule has 1 fully saturated rings. The molecule has 11 heavy (non-hydrogen) atoms. The van der Waals surface area contributed by atoms with E-state index in [0.29, 0.717) is 0 Å². The first kappa shape index (κ1) is 7.63. The van der Waals surface area contributed by atoms with E-state index in [1.54, 1.807) is 0 Å². The molecule has 1 aliphatic heterocycles. The molecule has 1 rings (SSSR count). The highest BCUT2D eigenvalue weighted by atomic mass is 16.2. The van der Waals surface area contributed by atoms with Crippen molar-refractivity contribution < 1.29 is 14.4 Å². The second-order valence-corrected chi connectivity index (χ2v) is 2.23. The molecule has 0 radical (unpaired) electrons. The van der Waals surface area contributed by atoms with Crippen LogP contribution in [-0.2, 0) is 14.4 Å². The fourth-order valence-electron chi connectivity index (χ4n) is 0.901. The maximum absolute atomic E-state index is 10.9. The first-order valence-electron chi connectivity index (χ1n) is 3.04. The van der Waals surface area contributed by atoms with Gasteiger partial charge in [0.05, 0.1) is 6.42 Å². The predicted molar refractivity (Wildman–Crippen MR) is 34.3 cm³/mol. The fraction of sp³-hybridized carbons (Fsp3) is 0.500. The van der Waals surface area contributed by atoms with Crippen molar-refractivity contribution in [3.05, 3.63) is 0 Å². The minimum atomic E-state index is -0.829. The van der Waals surface area contributed by atoms with Crippen LogP contribution < -0.4 is 0 Å². The quantitative estimate of drug-likeness (QED) is 0.278. The number of carbonyl (C=O) groups excluding carboxylic acids is 3. The summed E-state index contributed by atoms with van der Waals surface area (Å²) in [6.45, 7) is 0. The second-order valence-electron chi connectivity index (χ2n) is 2.23. The maximum Gasteiger partial charge on any atom is 0.255 e. The van der Waals surface area contributed by atoms with Gasteiger partial charge < -0.3 is 0 Å². The van der Waals surface area contributed by atoms with E-state index in [0.717, 1.165) is 4.90 Å². The summed E-state index contributed by atoms with van der Waals surface area (Å²) < 4.78 is 0. The van der Waals surface area contributed by atoms with Crippen LogP contribution in [0.15, 0.2) is 4.99 Å². The Balaban J connectivity index is 2.83. The lowest BCUT2D eigenvalue weighted by Crippen LogP contribution is -2.26. The second kappa shape index (κ2) is 2.64. The molecule has 5 heteroatoms. The molecule has 58 valence electrons. The predicted octanol–water partition coefficient (Wildman–Crippen LogP) is -0.921. The molecule has 0 spiro atoms. The molecule has 0 aromatic rings. The van der Waals surface area contributed by atoms with E-state index in [2.05, 4.69) is 4.99 Å². The molecule has 1 aliphatic rings. The van der Waals surface area contributed by atoms with E-state index in [9.17, 15) is 14.4 Å². The lowest BCUT2D eigenvalue weighted by molar-refractivity contribution is -0.136. The van der Waals surface area contributed by atoms with Crippen LogP contribution in [0.2, 0.25) is 0 Å². The largest absolute Gasteiger partial charge is 0.284 e.